The standard InChI is InChI=1S/C13H17N3O3/c14-9-2-3-10(15-7-9)6-11(17)16-8-13(12(18)19)4-1-5-13/h2-3,7H,1,4-6,8,14H2,(H,16,17)(H,18,19). The summed E-state index contributed by atoms with van der Waals surface area (Å²) >= 11 is 0. The Kier molecular flexibility index (Phi) is 3.69. The summed E-state index contributed by atoms with van der Waals surface area (Å²) < 4.78 is 0. The van der Waals surface area contributed by atoms with Crippen molar-refractivity contribution >= 4 is 17.6 Å². The number of aliphatic carboxylic acids is 1. The van der Waals surface area contributed by atoms with Gasteiger partial charge in [-0.25, -0.2) is 0 Å². The quantitative estimate of drug-likeness (QED) is 0.720. The molecular weight excluding hydrogens is 246 g/mol. The van der Waals surface area contributed by atoms with Gasteiger partial charge in [0.2, 0.25) is 5.91 Å². The summed E-state index contributed by atoms with van der Waals surface area (Å²) in [5, 5.41) is 11.8. The molecule has 2 rings (SSSR count). The van der Waals surface area contributed by atoms with Gasteiger partial charge in [-0.3, -0.25) is 14.6 Å². The number of nitrogens with one attached hydrogen (secondary N) is 1. The van der Waals surface area contributed by atoms with Gasteiger partial charge < -0.3 is 16.2 Å². The number of carboxylic acid groups (broad SMARTS) is 1. The van der Waals surface area contributed by atoms with Crippen LogP contribution >= 0.6 is 0 Å². The van der Waals surface area contributed by atoms with Crippen LogP contribution in [0, 0.1) is 5.41 Å². The van der Waals surface area contributed by atoms with Gasteiger partial charge in [-0.05, 0) is 25.0 Å². The van der Waals surface area contributed by atoms with E-state index < -0.39 is 11.4 Å². The molecule has 19 heavy (non-hydrogen) atoms. The van der Waals surface area contributed by atoms with Gasteiger partial charge in [-0.1, -0.05) is 6.42 Å². The first-order valence-electron chi connectivity index (χ1n) is 6.22. The van der Waals surface area contributed by atoms with Gasteiger partial charge in [0, 0.05) is 12.2 Å². The van der Waals surface area contributed by atoms with Crippen LogP contribution in [0.25, 0.3) is 0 Å². The lowest BCUT2D eigenvalue weighted by molar-refractivity contribution is -0.154. The molecule has 1 aliphatic carbocycles. The summed E-state index contributed by atoms with van der Waals surface area (Å²) in [6, 6.07) is 3.37. The summed E-state index contributed by atoms with van der Waals surface area (Å²) in [7, 11) is 0. The Balaban J connectivity index is 1.85. The van der Waals surface area contributed by atoms with Crippen molar-refractivity contribution < 1.29 is 14.7 Å². The van der Waals surface area contributed by atoms with Crippen LogP contribution in [-0.2, 0) is 16.0 Å². The molecule has 0 spiro atoms. The monoisotopic (exact) mass is 263 g/mol. The molecule has 0 atom stereocenters. The third-order valence-electron chi connectivity index (χ3n) is 3.58. The summed E-state index contributed by atoms with van der Waals surface area (Å²) in [5.41, 5.74) is 5.90. The van der Waals surface area contributed by atoms with E-state index in [1.807, 2.05) is 0 Å². The zero-order valence-electron chi connectivity index (χ0n) is 10.6. The van der Waals surface area contributed by atoms with E-state index in [4.69, 9.17) is 10.8 Å². The Bertz CT molecular complexity index is 480. The minimum absolute atomic E-state index is 0.135. The van der Waals surface area contributed by atoms with Crippen LogP contribution in [0.2, 0.25) is 0 Å². The van der Waals surface area contributed by atoms with Crippen LogP contribution in [0.4, 0.5) is 5.69 Å². The summed E-state index contributed by atoms with van der Waals surface area (Å²) in [5.74, 6) is -1.05. The normalized spacial score (nSPS) is 16.4. The van der Waals surface area contributed by atoms with E-state index in [2.05, 4.69) is 10.3 Å². The number of nitrogens with zero attached hydrogens (tertiary/aromatic N) is 1. The molecule has 102 valence electrons. The maximum absolute atomic E-state index is 11.7. The Hall–Kier alpha value is -2.11. The predicted molar refractivity (Wildman–Crippen MR) is 69.3 cm³/mol. The van der Waals surface area contributed by atoms with Gasteiger partial charge in [0.25, 0.3) is 0 Å². The second-order valence-corrected chi connectivity index (χ2v) is 4.98. The minimum Gasteiger partial charge on any atom is -0.481 e. The van der Waals surface area contributed by atoms with E-state index in [0.717, 1.165) is 6.42 Å². The van der Waals surface area contributed by atoms with Crippen LogP contribution in [0.3, 0.4) is 0 Å². The summed E-state index contributed by atoms with van der Waals surface area (Å²) in [6.07, 6.45) is 3.79. The van der Waals surface area contributed by atoms with E-state index in [1.165, 1.54) is 6.20 Å². The van der Waals surface area contributed by atoms with Crippen molar-refractivity contribution in [2.45, 2.75) is 25.7 Å². The van der Waals surface area contributed by atoms with Crippen molar-refractivity contribution in [3.05, 3.63) is 24.0 Å². The van der Waals surface area contributed by atoms with Crippen molar-refractivity contribution in [2.24, 2.45) is 5.41 Å². The largest absolute Gasteiger partial charge is 0.481 e. The number of carbonyl (C=O) groups is 2. The lowest BCUT2D eigenvalue weighted by Gasteiger charge is -2.37. The number of amides is 1. The highest BCUT2D eigenvalue weighted by Gasteiger charge is 2.44. The van der Waals surface area contributed by atoms with Gasteiger partial charge >= 0.3 is 5.97 Å². The molecule has 1 fully saturated rings. The second kappa shape index (κ2) is 5.26. The Morgan fingerprint density at radius 1 is 1.42 bits per heavy atom. The highest BCUT2D eigenvalue weighted by molar-refractivity contribution is 5.80. The van der Waals surface area contributed by atoms with Crippen LogP contribution in [0.5, 0.6) is 0 Å². The first-order chi connectivity index (χ1) is 9.02. The number of hydrogen-bond acceptors (Lipinski definition) is 4. The highest BCUT2D eigenvalue weighted by Crippen LogP contribution is 2.40. The van der Waals surface area contributed by atoms with Crippen molar-refractivity contribution in [3.63, 3.8) is 0 Å². The van der Waals surface area contributed by atoms with Crippen LogP contribution in [0.15, 0.2) is 18.3 Å². The number of aromatic nitrogens is 1. The number of carbonyl (C=O) groups excluding carboxylic acids is 1. The molecule has 0 aromatic carbocycles. The van der Waals surface area contributed by atoms with Gasteiger partial charge in [0.05, 0.1) is 23.7 Å². The second-order valence-electron chi connectivity index (χ2n) is 4.98. The van der Waals surface area contributed by atoms with Gasteiger partial charge in [0.1, 0.15) is 0 Å². The molecule has 1 aromatic rings. The van der Waals surface area contributed by atoms with Crippen LogP contribution in [-0.4, -0.2) is 28.5 Å². The number of anilines is 1. The number of rotatable bonds is 5. The topological polar surface area (TPSA) is 105 Å². The SMILES string of the molecule is Nc1ccc(CC(=O)NCC2(C(=O)O)CCC2)nc1. The highest BCUT2D eigenvalue weighted by atomic mass is 16.4. The number of pyridine rings is 1. The molecule has 1 heterocycles. The van der Waals surface area contributed by atoms with Gasteiger partial charge in [-0.2, -0.15) is 0 Å². The lowest BCUT2D eigenvalue weighted by atomic mass is 9.69. The molecule has 4 N–H and O–H groups in total. The fourth-order valence-electron chi connectivity index (χ4n) is 2.11. The molecule has 0 saturated heterocycles. The Morgan fingerprint density at radius 2 is 2.16 bits per heavy atom. The molecule has 6 heteroatoms. The van der Waals surface area contributed by atoms with Crippen LogP contribution in [0.1, 0.15) is 25.0 Å². The number of carboxylic acids is 1. The number of nitrogens with two attached hydrogens (primary N) is 1. The molecule has 1 aliphatic rings. The maximum Gasteiger partial charge on any atom is 0.311 e. The van der Waals surface area contributed by atoms with Crippen LogP contribution < -0.4 is 11.1 Å². The third kappa shape index (κ3) is 3.01. The molecule has 0 radical (unpaired) electrons. The molecule has 6 nitrogen and oxygen atoms in total. The first-order valence-corrected chi connectivity index (χ1v) is 6.22. The number of nitrogen functional groups attached to an aromatic ring is 1. The molecule has 0 bridgehead atoms. The molecule has 1 aromatic heterocycles. The third-order valence-corrected chi connectivity index (χ3v) is 3.58. The molecule has 1 saturated carbocycles. The fraction of sp³-hybridized carbons (Fsp3) is 0.462. The van der Waals surface area contributed by atoms with E-state index in [9.17, 15) is 9.59 Å². The first kappa shape index (κ1) is 13.3. The molecular formula is C13H17N3O3. The Morgan fingerprint density at radius 3 is 2.63 bits per heavy atom. The smallest absolute Gasteiger partial charge is 0.311 e. The zero-order chi connectivity index (χ0) is 13.9. The van der Waals surface area contributed by atoms with E-state index in [1.54, 1.807) is 12.1 Å². The zero-order valence-corrected chi connectivity index (χ0v) is 10.6. The average Bonchev–Trinajstić information content (AvgIpc) is 2.30. The fourth-order valence-corrected chi connectivity index (χ4v) is 2.11. The average molecular weight is 263 g/mol. The summed E-state index contributed by atoms with van der Waals surface area (Å²) in [4.78, 5) is 26.9. The summed E-state index contributed by atoms with van der Waals surface area (Å²) in [6.45, 7) is 0.191. The predicted octanol–water partition coefficient (Wildman–Crippen LogP) is 0.577. The molecule has 0 unspecified atom stereocenters. The van der Waals surface area contributed by atoms with Crippen molar-refractivity contribution in [2.75, 3.05) is 12.3 Å². The molecule has 1 amide bonds. The minimum atomic E-state index is -0.829. The van der Waals surface area contributed by atoms with E-state index >= 15 is 0 Å². The van der Waals surface area contributed by atoms with E-state index in [0.29, 0.717) is 24.2 Å². The van der Waals surface area contributed by atoms with Gasteiger partial charge in [0.15, 0.2) is 0 Å². The van der Waals surface area contributed by atoms with E-state index in [-0.39, 0.29) is 18.9 Å². The Labute approximate surface area is 111 Å². The maximum atomic E-state index is 11.7. The van der Waals surface area contributed by atoms with Crippen molar-refractivity contribution in [1.29, 1.82) is 0 Å². The number of hydrogen-bond donors (Lipinski definition) is 3. The molecule has 0 aliphatic heterocycles. The lowest BCUT2D eigenvalue weighted by Crippen LogP contribution is -2.47. The van der Waals surface area contributed by atoms with Gasteiger partial charge in [-0.15, -0.1) is 0 Å². The van der Waals surface area contributed by atoms with Crippen molar-refractivity contribution in [3.8, 4) is 0 Å². The van der Waals surface area contributed by atoms with Crippen molar-refractivity contribution in [1.82, 2.24) is 10.3 Å².